The maximum Gasteiger partial charge on any atom is 0.238 e. The number of likely N-dealkylation sites (N-methyl/N-ethyl adjacent to an activating group) is 1. The van der Waals surface area contributed by atoms with E-state index in [1.54, 1.807) is 19.9 Å². The summed E-state index contributed by atoms with van der Waals surface area (Å²) in [5.41, 5.74) is 9.76. The minimum Gasteiger partial charge on any atom is -0.504 e. The number of methoxy groups -OCH3 is 2. The Morgan fingerprint density at radius 1 is 1.15 bits per heavy atom. The molecule has 7 atom stereocenters. The summed E-state index contributed by atoms with van der Waals surface area (Å²) < 4.78 is 17.5. The second-order valence-corrected chi connectivity index (χ2v) is 11.1. The van der Waals surface area contributed by atoms with Crippen LogP contribution in [0.25, 0.3) is 0 Å². The van der Waals surface area contributed by atoms with Crippen LogP contribution < -0.4 is 15.8 Å². The summed E-state index contributed by atoms with van der Waals surface area (Å²) in [5, 5.41) is 13.7. The maximum absolute atomic E-state index is 13.8. The number of hydrogen-bond acceptors (Lipinski definition) is 10. The van der Waals surface area contributed by atoms with E-state index < -0.39 is 30.4 Å². The molecule has 11 nitrogen and oxygen atoms in total. The Morgan fingerprint density at radius 3 is 2.51 bits per heavy atom. The Balaban J connectivity index is 1.54. The van der Waals surface area contributed by atoms with Gasteiger partial charge in [0.25, 0.3) is 0 Å². The van der Waals surface area contributed by atoms with E-state index in [-0.39, 0.29) is 46.8 Å². The zero-order valence-electron chi connectivity index (χ0n) is 22.9. The summed E-state index contributed by atoms with van der Waals surface area (Å²) >= 11 is 0. The Kier molecular flexibility index (Phi) is 5.92. The van der Waals surface area contributed by atoms with Gasteiger partial charge >= 0.3 is 0 Å². The lowest BCUT2D eigenvalue weighted by molar-refractivity contribution is -0.142. The summed E-state index contributed by atoms with van der Waals surface area (Å²) in [6.45, 7) is 5.12. The number of nitrogens with two attached hydrogens (primary N) is 1. The Bertz CT molecular complexity index is 1380. The van der Waals surface area contributed by atoms with E-state index in [4.69, 9.17) is 19.9 Å². The molecule has 4 N–H and O–H groups in total. The van der Waals surface area contributed by atoms with Gasteiger partial charge in [-0.25, -0.2) is 0 Å². The molecule has 2 saturated heterocycles. The summed E-state index contributed by atoms with van der Waals surface area (Å²) in [6.07, 6.45) is -0.442. The number of benzene rings is 1. The fourth-order valence-electron chi connectivity index (χ4n) is 7.41. The number of phenols is 1. The average molecular weight is 539 g/mol. The minimum absolute atomic E-state index is 0.0187. The van der Waals surface area contributed by atoms with Crippen molar-refractivity contribution in [3.05, 3.63) is 45.2 Å². The monoisotopic (exact) mass is 538 g/mol. The lowest BCUT2D eigenvalue weighted by Crippen LogP contribution is -2.68. The summed E-state index contributed by atoms with van der Waals surface area (Å²) in [7, 11) is 4.93. The lowest BCUT2D eigenvalue weighted by atomic mass is 9.71. The van der Waals surface area contributed by atoms with Crippen LogP contribution >= 0.6 is 0 Å². The number of piperazine rings is 1. The molecule has 5 aliphatic rings. The molecule has 0 saturated carbocycles. The molecule has 0 radical (unpaired) electrons. The van der Waals surface area contributed by atoms with Gasteiger partial charge in [0.15, 0.2) is 29.3 Å². The van der Waals surface area contributed by atoms with Crippen LogP contribution in [-0.2, 0) is 30.3 Å². The molecule has 1 aromatic carbocycles. The average Bonchev–Trinajstić information content (AvgIpc) is 3.25. The Hall–Kier alpha value is -3.25. The number of ether oxygens (including phenoxy) is 3. The van der Waals surface area contributed by atoms with Gasteiger partial charge in [-0.2, -0.15) is 0 Å². The minimum atomic E-state index is -0.894. The highest BCUT2D eigenvalue weighted by atomic mass is 16.5. The Labute approximate surface area is 226 Å². The first-order chi connectivity index (χ1) is 18.5. The van der Waals surface area contributed by atoms with Crippen molar-refractivity contribution in [3.8, 4) is 11.5 Å². The van der Waals surface area contributed by atoms with Gasteiger partial charge in [0, 0.05) is 22.8 Å². The van der Waals surface area contributed by atoms with Crippen LogP contribution in [0.4, 0.5) is 0 Å². The van der Waals surface area contributed by atoms with Crippen molar-refractivity contribution in [2.75, 3.05) is 21.3 Å². The molecule has 6 rings (SSSR count). The number of hydrogen-bond donors (Lipinski definition) is 3. The topological polar surface area (TPSA) is 144 Å². The van der Waals surface area contributed by atoms with Gasteiger partial charge in [0.05, 0.1) is 38.4 Å². The molecule has 4 aliphatic heterocycles. The SMILES string of the molecule is COC1=C(C)C(=O)C2=C(C1=O)[C@@H]1C(NC(=O)[C@H](C)N)O[C@H]3[C@@H]4Cc5c(cc(O)c(OC)c5C)[C@@H]([C@H](C2)N13)N4C. The number of amides is 1. The van der Waals surface area contributed by atoms with Crippen LogP contribution in [0.15, 0.2) is 28.5 Å². The number of nitrogens with one attached hydrogen (secondary N) is 1. The molecule has 4 heterocycles. The van der Waals surface area contributed by atoms with Crippen LogP contribution in [0.1, 0.15) is 43.0 Å². The molecule has 208 valence electrons. The van der Waals surface area contributed by atoms with Crippen molar-refractivity contribution >= 4 is 17.5 Å². The quantitative estimate of drug-likeness (QED) is 0.466. The number of ketones is 2. The van der Waals surface area contributed by atoms with Crippen LogP contribution in [0.5, 0.6) is 11.5 Å². The summed E-state index contributed by atoms with van der Waals surface area (Å²) in [4.78, 5) is 44.6. The number of Topliss-reactive ketones (excluding diaryl/α,β-unsaturated/α-hetero) is 2. The van der Waals surface area contributed by atoms with Crippen LogP contribution in [0, 0.1) is 6.92 Å². The molecule has 2 bridgehead atoms. The van der Waals surface area contributed by atoms with Crippen molar-refractivity contribution < 1.29 is 33.7 Å². The van der Waals surface area contributed by atoms with Crippen LogP contribution in [0.2, 0.25) is 0 Å². The normalized spacial score (nSPS) is 32.5. The standard InChI is InChI=1S/C28H34N4O7/c1-10-13-7-17-28-32-16(20(31(17)4)14(13)9-18(33)24(10)37-5)8-15-19(23(35)25(38-6)11(2)22(15)34)21(32)27(39-28)30-26(36)12(3)29/h9,12,16-17,20-21,27-28,33H,7-8,29H2,1-6H3,(H,30,36)/t12-,16-,17-,20-,21+,27?,28-/m0/s1. The molecular weight excluding hydrogens is 504 g/mol. The highest BCUT2D eigenvalue weighted by molar-refractivity contribution is 6.25. The third kappa shape index (κ3) is 3.40. The largest absolute Gasteiger partial charge is 0.504 e. The summed E-state index contributed by atoms with van der Waals surface area (Å²) in [5.74, 6) is -0.499. The number of phenolic OH excluding ortho intramolecular Hbond substituents is 1. The highest BCUT2D eigenvalue weighted by Gasteiger charge is 2.63. The van der Waals surface area contributed by atoms with Crippen LogP contribution in [-0.4, -0.2) is 90.3 Å². The van der Waals surface area contributed by atoms with Gasteiger partial charge in [-0.3, -0.25) is 24.2 Å². The Morgan fingerprint density at radius 2 is 1.87 bits per heavy atom. The highest BCUT2D eigenvalue weighted by Crippen LogP contribution is 2.54. The first-order valence-corrected chi connectivity index (χ1v) is 13.2. The van der Waals surface area contributed by atoms with E-state index in [0.717, 1.165) is 16.7 Å². The number of carbonyl (C=O) groups is 3. The molecule has 1 aromatic rings. The molecule has 1 unspecified atom stereocenters. The van der Waals surface area contributed by atoms with E-state index in [9.17, 15) is 19.5 Å². The van der Waals surface area contributed by atoms with Gasteiger partial charge in [-0.1, -0.05) is 0 Å². The molecular formula is C28H34N4O7. The van der Waals surface area contributed by atoms with E-state index in [1.807, 2.05) is 14.0 Å². The zero-order valence-corrected chi connectivity index (χ0v) is 22.9. The van der Waals surface area contributed by atoms with Gasteiger partial charge in [-0.15, -0.1) is 0 Å². The first kappa shape index (κ1) is 26.0. The number of rotatable bonds is 4. The number of fused-ring (bicyclic) bond motifs is 7. The van der Waals surface area contributed by atoms with E-state index >= 15 is 0 Å². The fourth-order valence-corrected chi connectivity index (χ4v) is 7.41. The van der Waals surface area contributed by atoms with Crippen molar-refractivity contribution in [1.29, 1.82) is 0 Å². The number of nitrogens with zero attached hydrogens (tertiary/aromatic N) is 2. The molecule has 0 aromatic heterocycles. The number of aromatic hydroxyl groups is 1. The maximum atomic E-state index is 13.8. The second-order valence-electron chi connectivity index (χ2n) is 11.1. The van der Waals surface area contributed by atoms with E-state index in [1.165, 1.54) is 14.2 Å². The smallest absolute Gasteiger partial charge is 0.238 e. The number of carbonyl (C=O) groups excluding carboxylic acids is 3. The van der Waals surface area contributed by atoms with Crippen molar-refractivity contribution in [2.24, 2.45) is 5.73 Å². The second kappa shape index (κ2) is 8.88. The molecule has 1 amide bonds. The molecule has 2 fully saturated rings. The third-order valence-corrected chi connectivity index (χ3v) is 9.17. The van der Waals surface area contributed by atoms with Gasteiger partial charge in [0.1, 0.15) is 6.23 Å². The fraction of sp³-hybridized carbons (Fsp3) is 0.536. The molecule has 11 heteroatoms. The van der Waals surface area contributed by atoms with Crippen molar-refractivity contribution in [1.82, 2.24) is 15.1 Å². The molecule has 39 heavy (non-hydrogen) atoms. The van der Waals surface area contributed by atoms with E-state index in [2.05, 4.69) is 15.1 Å². The lowest BCUT2D eigenvalue weighted by Gasteiger charge is -2.58. The predicted molar refractivity (Wildman–Crippen MR) is 139 cm³/mol. The first-order valence-electron chi connectivity index (χ1n) is 13.2. The third-order valence-electron chi connectivity index (χ3n) is 9.17. The molecule has 0 spiro atoms. The zero-order chi connectivity index (χ0) is 28.1. The van der Waals surface area contributed by atoms with E-state index in [0.29, 0.717) is 29.7 Å². The summed E-state index contributed by atoms with van der Waals surface area (Å²) in [6, 6.07) is -0.326. The van der Waals surface area contributed by atoms with Gasteiger partial charge in [0.2, 0.25) is 11.7 Å². The van der Waals surface area contributed by atoms with Gasteiger partial charge in [-0.05, 0) is 63.4 Å². The molecule has 1 aliphatic carbocycles. The van der Waals surface area contributed by atoms with Gasteiger partial charge < -0.3 is 30.4 Å². The van der Waals surface area contributed by atoms with Crippen LogP contribution in [0.3, 0.4) is 0 Å². The van der Waals surface area contributed by atoms with Crippen molar-refractivity contribution in [3.63, 3.8) is 0 Å². The number of allylic oxidation sites excluding steroid dienone is 2. The van der Waals surface area contributed by atoms with Crippen molar-refractivity contribution in [2.45, 2.75) is 76.3 Å². The predicted octanol–water partition coefficient (Wildman–Crippen LogP) is 0.578.